The van der Waals surface area contributed by atoms with Gasteiger partial charge in [0.25, 0.3) is 0 Å². The van der Waals surface area contributed by atoms with Gasteiger partial charge in [0.15, 0.2) is 25.4 Å². The molecule has 0 aliphatic heterocycles. The van der Waals surface area contributed by atoms with E-state index in [0.29, 0.717) is 28.4 Å². The van der Waals surface area contributed by atoms with E-state index in [9.17, 15) is 20.3 Å². The van der Waals surface area contributed by atoms with Crippen LogP contribution in [0.25, 0.3) is 0 Å². The lowest BCUT2D eigenvalue weighted by molar-refractivity contribution is -0.151. The van der Waals surface area contributed by atoms with Crippen LogP contribution in [0.2, 0.25) is 18.1 Å². The van der Waals surface area contributed by atoms with Crippen molar-refractivity contribution in [3.63, 3.8) is 0 Å². The molecule has 2 aromatic rings. The number of aliphatic carboxylic acids is 1. The molecule has 1 aliphatic carbocycles. The summed E-state index contributed by atoms with van der Waals surface area (Å²) in [6, 6.07) is 9.07. The van der Waals surface area contributed by atoms with Gasteiger partial charge in [-0.05, 0) is 41.9 Å². The van der Waals surface area contributed by atoms with Crippen LogP contribution < -0.4 is 9.47 Å². The third-order valence-electron chi connectivity index (χ3n) is 7.33. The molecule has 34 heavy (non-hydrogen) atoms. The van der Waals surface area contributed by atoms with Crippen molar-refractivity contribution >= 4 is 14.3 Å². The number of carbonyl (C=O) groups is 1. The fourth-order valence-corrected chi connectivity index (χ4v) is 5.95. The smallest absolute Gasteiger partial charge is 0.308 e. The minimum absolute atomic E-state index is 0.250. The van der Waals surface area contributed by atoms with Crippen molar-refractivity contribution in [3.8, 4) is 17.6 Å². The molecule has 0 radical (unpaired) electrons. The first-order valence-corrected chi connectivity index (χ1v) is 14.0. The van der Waals surface area contributed by atoms with Crippen molar-refractivity contribution in [2.75, 3.05) is 20.8 Å². The molecule has 9 heteroatoms. The van der Waals surface area contributed by atoms with Crippen LogP contribution in [0.5, 0.6) is 11.5 Å². The number of aliphatic hydroxyl groups is 1. The topological polar surface area (TPSA) is 122 Å². The molecule has 3 rings (SSSR count). The number of aliphatic hydroxyl groups excluding tert-OH is 1. The molecule has 0 spiro atoms. The molecule has 1 aromatic carbocycles. The minimum atomic E-state index is -2.58. The Morgan fingerprint density at radius 1 is 1.21 bits per heavy atom. The van der Waals surface area contributed by atoms with Crippen LogP contribution in [-0.2, 0) is 14.8 Å². The van der Waals surface area contributed by atoms with E-state index in [1.807, 2.05) is 33.9 Å². The summed E-state index contributed by atoms with van der Waals surface area (Å²) in [5.41, 5.74) is -0.606. The fourth-order valence-electron chi connectivity index (χ4n) is 4.53. The molecule has 0 bridgehead atoms. The Kier molecular flexibility index (Phi) is 6.91. The maximum absolute atomic E-state index is 12.7. The number of rotatable bonds is 7. The van der Waals surface area contributed by atoms with Crippen LogP contribution in [0.1, 0.15) is 43.6 Å². The molecule has 2 N–H and O–H groups in total. The van der Waals surface area contributed by atoms with Gasteiger partial charge in [0.05, 0.1) is 38.9 Å². The Labute approximate surface area is 201 Å². The number of hydrogen-bond acceptors (Lipinski definition) is 7. The first-order valence-electron chi connectivity index (χ1n) is 11.1. The summed E-state index contributed by atoms with van der Waals surface area (Å²) in [4.78, 5) is 12.7. The lowest BCUT2D eigenvalue weighted by Gasteiger charge is -2.49. The molecule has 0 saturated heterocycles. The largest absolute Gasteiger partial charge is 0.493 e. The van der Waals surface area contributed by atoms with E-state index < -0.39 is 44.2 Å². The van der Waals surface area contributed by atoms with Crippen molar-refractivity contribution < 1.29 is 33.3 Å². The number of fused-ring (bicyclic) bond motifs is 1. The highest BCUT2D eigenvalue weighted by Gasteiger charge is 2.60. The second kappa shape index (κ2) is 9.10. The quantitative estimate of drug-likeness (QED) is 0.548. The van der Waals surface area contributed by atoms with Gasteiger partial charge in [-0.15, -0.1) is 0 Å². The van der Waals surface area contributed by atoms with Crippen molar-refractivity contribution in [1.82, 2.24) is 0 Å². The zero-order chi connectivity index (χ0) is 25.5. The Balaban J connectivity index is 2.30. The van der Waals surface area contributed by atoms with E-state index in [0.717, 1.165) is 0 Å². The molecular formula is C25H33NO7Si. The van der Waals surface area contributed by atoms with E-state index in [1.54, 1.807) is 24.3 Å². The molecule has 1 aromatic heterocycles. The summed E-state index contributed by atoms with van der Waals surface area (Å²) < 4.78 is 23.3. The van der Waals surface area contributed by atoms with Gasteiger partial charge in [-0.1, -0.05) is 26.8 Å². The van der Waals surface area contributed by atoms with Crippen LogP contribution in [0.15, 0.2) is 34.9 Å². The fraction of sp³-hybridized carbons (Fsp3) is 0.520. The van der Waals surface area contributed by atoms with E-state index >= 15 is 0 Å². The van der Waals surface area contributed by atoms with E-state index in [2.05, 4.69) is 6.07 Å². The average molecular weight is 488 g/mol. The van der Waals surface area contributed by atoms with Gasteiger partial charge in [0, 0.05) is 11.5 Å². The van der Waals surface area contributed by atoms with Crippen LogP contribution in [0.3, 0.4) is 0 Å². The predicted octanol–water partition coefficient (Wildman–Crippen LogP) is 4.49. The number of ether oxygens (including phenoxy) is 2. The molecule has 1 aliphatic rings. The van der Waals surface area contributed by atoms with Crippen LogP contribution in [0.4, 0.5) is 0 Å². The van der Waals surface area contributed by atoms with Crippen molar-refractivity contribution in [1.29, 1.82) is 5.26 Å². The number of benzene rings is 1. The SMILES string of the molecule is COc1ccc(C2c3occc3C(C#N)(O[Si](C)(C)C(C)(C)C)C(CO)C2C(=O)O)cc1OC. The lowest BCUT2D eigenvalue weighted by Crippen LogP contribution is -2.57. The summed E-state index contributed by atoms with van der Waals surface area (Å²) in [5.74, 6) is -2.88. The number of nitrogens with zero attached hydrogens (tertiary/aromatic N) is 1. The standard InChI is InChI=1S/C25H33NO7Si/c1-24(2,3)34(6,7)33-25(14-26)16-10-11-32-22(16)20(21(23(28)29)17(25)13-27)15-8-9-18(30-4)19(12-15)31-5/h8-12,17,20-21,27H,13H2,1-7H3,(H,28,29). The van der Waals surface area contributed by atoms with Crippen LogP contribution in [-0.4, -0.2) is 45.3 Å². The summed E-state index contributed by atoms with van der Waals surface area (Å²) in [6.45, 7) is 9.57. The number of carboxylic acid groups (broad SMARTS) is 1. The molecule has 4 atom stereocenters. The number of carboxylic acids is 1. The molecule has 4 unspecified atom stereocenters. The minimum Gasteiger partial charge on any atom is -0.493 e. The van der Waals surface area contributed by atoms with Crippen molar-refractivity contribution in [2.45, 2.75) is 50.4 Å². The normalized spacial score (nSPS) is 24.7. The van der Waals surface area contributed by atoms with Gasteiger partial charge in [-0.25, -0.2) is 0 Å². The van der Waals surface area contributed by atoms with Gasteiger partial charge in [-0.3, -0.25) is 4.79 Å². The van der Waals surface area contributed by atoms with Gasteiger partial charge < -0.3 is 28.5 Å². The zero-order valence-corrected chi connectivity index (χ0v) is 21.7. The Morgan fingerprint density at radius 2 is 1.85 bits per heavy atom. The summed E-state index contributed by atoms with van der Waals surface area (Å²) in [5, 5.41) is 31.2. The first-order chi connectivity index (χ1) is 15.9. The number of hydrogen-bond donors (Lipinski definition) is 2. The molecule has 0 amide bonds. The van der Waals surface area contributed by atoms with E-state index in [4.69, 9.17) is 18.3 Å². The number of furan rings is 1. The molecule has 0 fully saturated rings. The average Bonchev–Trinajstić information content (AvgIpc) is 3.27. The van der Waals surface area contributed by atoms with Crippen LogP contribution >= 0.6 is 0 Å². The number of methoxy groups -OCH3 is 2. The highest BCUT2D eigenvalue weighted by molar-refractivity contribution is 6.74. The molecule has 8 nitrogen and oxygen atoms in total. The van der Waals surface area contributed by atoms with Gasteiger partial charge in [0.1, 0.15) is 11.8 Å². The Hall–Kier alpha value is -2.80. The molecule has 1 heterocycles. The van der Waals surface area contributed by atoms with E-state index in [1.165, 1.54) is 20.5 Å². The predicted molar refractivity (Wildman–Crippen MR) is 127 cm³/mol. The highest BCUT2D eigenvalue weighted by Crippen LogP contribution is 2.56. The molecular weight excluding hydrogens is 454 g/mol. The Bertz CT molecular complexity index is 1100. The summed E-state index contributed by atoms with van der Waals surface area (Å²) in [7, 11) is 0.435. The monoisotopic (exact) mass is 487 g/mol. The molecule has 0 saturated carbocycles. The summed E-state index contributed by atoms with van der Waals surface area (Å²) >= 11 is 0. The maximum Gasteiger partial charge on any atom is 0.308 e. The summed E-state index contributed by atoms with van der Waals surface area (Å²) in [6.07, 6.45) is 1.44. The second-order valence-electron chi connectivity index (χ2n) is 10.2. The van der Waals surface area contributed by atoms with Gasteiger partial charge in [-0.2, -0.15) is 5.26 Å². The zero-order valence-electron chi connectivity index (χ0n) is 20.7. The maximum atomic E-state index is 12.7. The van der Waals surface area contributed by atoms with Crippen LogP contribution in [0, 0.1) is 23.2 Å². The van der Waals surface area contributed by atoms with Gasteiger partial charge >= 0.3 is 5.97 Å². The van der Waals surface area contributed by atoms with Gasteiger partial charge in [0.2, 0.25) is 0 Å². The third-order valence-corrected chi connectivity index (χ3v) is 11.8. The number of nitriles is 1. The van der Waals surface area contributed by atoms with E-state index in [-0.39, 0.29) is 5.04 Å². The third kappa shape index (κ3) is 4.00. The highest BCUT2D eigenvalue weighted by atomic mass is 28.4. The van der Waals surface area contributed by atoms with Crippen molar-refractivity contribution in [2.24, 2.45) is 11.8 Å². The second-order valence-corrected chi connectivity index (χ2v) is 14.9. The molecule has 184 valence electrons. The van der Waals surface area contributed by atoms with Crippen molar-refractivity contribution in [3.05, 3.63) is 47.4 Å². The first kappa shape index (κ1) is 25.8. The lowest BCUT2D eigenvalue weighted by atomic mass is 9.62. The Morgan fingerprint density at radius 3 is 2.35 bits per heavy atom.